The van der Waals surface area contributed by atoms with Gasteiger partial charge >= 0.3 is 5.97 Å². The first-order chi connectivity index (χ1) is 9.11. The lowest BCUT2D eigenvalue weighted by Crippen LogP contribution is -2.43. The minimum absolute atomic E-state index is 0.123. The molecule has 0 aromatic carbocycles. The fourth-order valence-corrected chi connectivity index (χ4v) is 2.40. The lowest BCUT2D eigenvalue weighted by atomic mass is 10.0. The van der Waals surface area contributed by atoms with Gasteiger partial charge in [0.15, 0.2) is 0 Å². The van der Waals surface area contributed by atoms with E-state index in [0.717, 1.165) is 32.5 Å². The molecule has 1 aliphatic rings. The Labute approximate surface area is 113 Å². The molecule has 0 spiro atoms. The highest BCUT2D eigenvalue weighted by molar-refractivity contribution is 5.86. The topological polar surface area (TPSA) is 69.6 Å². The van der Waals surface area contributed by atoms with Crippen molar-refractivity contribution in [3.05, 3.63) is 18.0 Å². The van der Waals surface area contributed by atoms with Crippen LogP contribution >= 0.6 is 0 Å². The van der Waals surface area contributed by atoms with Crippen molar-refractivity contribution in [2.45, 2.75) is 25.8 Å². The zero-order valence-corrected chi connectivity index (χ0v) is 11.4. The predicted molar refractivity (Wildman–Crippen MR) is 72.5 cm³/mol. The smallest absolute Gasteiger partial charge is 0.338 e. The van der Waals surface area contributed by atoms with Crippen LogP contribution in [0.1, 0.15) is 30.1 Å². The number of carbonyl (C=O) groups is 1. The summed E-state index contributed by atoms with van der Waals surface area (Å²) in [6.45, 7) is 5.47. The van der Waals surface area contributed by atoms with Gasteiger partial charge in [0.2, 0.25) is 5.95 Å². The summed E-state index contributed by atoms with van der Waals surface area (Å²) in [5, 5.41) is 8.82. The molecular formula is C13H20N4O2. The van der Waals surface area contributed by atoms with Gasteiger partial charge in [0, 0.05) is 38.6 Å². The number of hydrogen-bond acceptors (Lipinski definition) is 5. The Morgan fingerprint density at radius 3 is 2.47 bits per heavy atom. The first kappa shape index (κ1) is 13.7. The Hall–Kier alpha value is -1.69. The van der Waals surface area contributed by atoms with Gasteiger partial charge in [0.25, 0.3) is 0 Å². The number of carboxylic acid groups (broad SMARTS) is 1. The normalized spacial score (nSPS) is 17.4. The fraction of sp³-hybridized carbons (Fsp3) is 0.615. The SMILES string of the molecule is CCN1CCC(N(C)c2ncc(C(=O)O)cn2)CC1. The molecule has 6 nitrogen and oxygen atoms in total. The van der Waals surface area contributed by atoms with E-state index in [4.69, 9.17) is 5.11 Å². The monoisotopic (exact) mass is 264 g/mol. The first-order valence-corrected chi connectivity index (χ1v) is 6.62. The van der Waals surface area contributed by atoms with Gasteiger partial charge in [-0.25, -0.2) is 14.8 Å². The summed E-state index contributed by atoms with van der Waals surface area (Å²) in [5.74, 6) is -0.398. The summed E-state index contributed by atoms with van der Waals surface area (Å²) in [4.78, 5) is 23.5. The molecule has 19 heavy (non-hydrogen) atoms. The van der Waals surface area contributed by atoms with E-state index in [1.54, 1.807) is 0 Å². The molecule has 2 rings (SSSR count). The molecule has 1 aliphatic heterocycles. The van der Waals surface area contributed by atoms with E-state index in [9.17, 15) is 4.79 Å². The van der Waals surface area contributed by atoms with Gasteiger partial charge in [-0.3, -0.25) is 0 Å². The van der Waals surface area contributed by atoms with E-state index in [0.29, 0.717) is 12.0 Å². The molecule has 1 N–H and O–H groups in total. The Morgan fingerprint density at radius 1 is 1.42 bits per heavy atom. The van der Waals surface area contributed by atoms with E-state index in [2.05, 4.69) is 26.7 Å². The van der Waals surface area contributed by atoms with Crippen LogP contribution < -0.4 is 4.90 Å². The van der Waals surface area contributed by atoms with Crippen LogP contribution in [0.15, 0.2) is 12.4 Å². The van der Waals surface area contributed by atoms with Crippen molar-refractivity contribution in [1.29, 1.82) is 0 Å². The number of aromatic carboxylic acids is 1. The lowest BCUT2D eigenvalue weighted by molar-refractivity contribution is 0.0696. The van der Waals surface area contributed by atoms with Crippen molar-refractivity contribution in [2.75, 3.05) is 31.6 Å². The molecule has 1 saturated heterocycles. The zero-order valence-electron chi connectivity index (χ0n) is 11.4. The van der Waals surface area contributed by atoms with E-state index >= 15 is 0 Å². The number of likely N-dealkylation sites (tertiary alicyclic amines) is 1. The summed E-state index contributed by atoms with van der Waals surface area (Å²) in [5.41, 5.74) is 0.123. The molecule has 0 saturated carbocycles. The standard InChI is InChI=1S/C13H20N4O2/c1-3-17-6-4-11(5-7-17)16(2)13-14-8-10(9-15-13)12(18)19/h8-9,11H,3-7H2,1-2H3,(H,18,19). The van der Waals surface area contributed by atoms with Crippen LogP contribution in [0.25, 0.3) is 0 Å². The Bertz CT molecular complexity index is 427. The van der Waals surface area contributed by atoms with Crippen molar-refractivity contribution in [2.24, 2.45) is 0 Å². The van der Waals surface area contributed by atoms with Crippen LogP contribution in [-0.2, 0) is 0 Å². The van der Waals surface area contributed by atoms with Crippen LogP contribution in [0.5, 0.6) is 0 Å². The zero-order chi connectivity index (χ0) is 13.8. The fourth-order valence-electron chi connectivity index (χ4n) is 2.40. The minimum atomic E-state index is -0.995. The van der Waals surface area contributed by atoms with Gasteiger partial charge in [-0.05, 0) is 19.4 Å². The molecule has 0 atom stereocenters. The molecule has 2 heterocycles. The van der Waals surface area contributed by atoms with Crippen molar-refractivity contribution in [3.63, 3.8) is 0 Å². The molecule has 1 aromatic heterocycles. The maximum atomic E-state index is 10.8. The van der Waals surface area contributed by atoms with Gasteiger partial charge in [0.05, 0.1) is 5.56 Å². The van der Waals surface area contributed by atoms with Crippen molar-refractivity contribution in [3.8, 4) is 0 Å². The Morgan fingerprint density at radius 2 is 2.00 bits per heavy atom. The van der Waals surface area contributed by atoms with Gasteiger partial charge in [-0.15, -0.1) is 0 Å². The summed E-state index contributed by atoms with van der Waals surface area (Å²) in [7, 11) is 1.97. The number of hydrogen-bond donors (Lipinski definition) is 1. The number of carboxylic acids is 1. The summed E-state index contributed by atoms with van der Waals surface area (Å²) in [6, 6.07) is 0.429. The summed E-state index contributed by atoms with van der Waals surface area (Å²) < 4.78 is 0. The van der Waals surface area contributed by atoms with Gasteiger partial charge in [-0.1, -0.05) is 6.92 Å². The minimum Gasteiger partial charge on any atom is -0.478 e. The van der Waals surface area contributed by atoms with Gasteiger partial charge < -0.3 is 14.9 Å². The maximum Gasteiger partial charge on any atom is 0.338 e. The Kier molecular flexibility index (Phi) is 4.31. The lowest BCUT2D eigenvalue weighted by Gasteiger charge is -2.36. The molecule has 0 bridgehead atoms. The first-order valence-electron chi connectivity index (χ1n) is 6.62. The van der Waals surface area contributed by atoms with Crippen molar-refractivity contribution in [1.82, 2.24) is 14.9 Å². The highest BCUT2D eigenvalue weighted by Crippen LogP contribution is 2.18. The number of rotatable bonds is 4. The third kappa shape index (κ3) is 3.20. The van der Waals surface area contributed by atoms with Gasteiger partial charge in [-0.2, -0.15) is 0 Å². The molecular weight excluding hydrogens is 244 g/mol. The van der Waals surface area contributed by atoms with Crippen molar-refractivity contribution < 1.29 is 9.90 Å². The number of nitrogens with zero attached hydrogens (tertiary/aromatic N) is 4. The average molecular weight is 264 g/mol. The largest absolute Gasteiger partial charge is 0.478 e. The molecule has 0 radical (unpaired) electrons. The van der Waals surface area contributed by atoms with Crippen LogP contribution in [0.3, 0.4) is 0 Å². The molecule has 1 fully saturated rings. The quantitative estimate of drug-likeness (QED) is 0.878. The number of anilines is 1. The predicted octanol–water partition coefficient (Wildman–Crippen LogP) is 1.10. The number of aromatic nitrogens is 2. The second-order valence-corrected chi connectivity index (χ2v) is 4.85. The van der Waals surface area contributed by atoms with E-state index in [1.807, 2.05) is 7.05 Å². The third-order valence-corrected chi connectivity index (χ3v) is 3.75. The summed E-state index contributed by atoms with van der Waals surface area (Å²) in [6.07, 6.45) is 4.91. The maximum absolute atomic E-state index is 10.8. The second kappa shape index (κ2) is 5.97. The Balaban J connectivity index is 1.99. The number of piperidine rings is 1. The van der Waals surface area contributed by atoms with Crippen LogP contribution in [0, 0.1) is 0 Å². The van der Waals surface area contributed by atoms with Crippen molar-refractivity contribution >= 4 is 11.9 Å². The molecule has 104 valence electrons. The second-order valence-electron chi connectivity index (χ2n) is 4.85. The molecule has 0 amide bonds. The summed E-state index contributed by atoms with van der Waals surface area (Å²) >= 11 is 0. The van der Waals surface area contributed by atoms with Crippen LogP contribution in [0.4, 0.5) is 5.95 Å². The average Bonchev–Trinajstić information content (AvgIpc) is 2.46. The highest BCUT2D eigenvalue weighted by Gasteiger charge is 2.23. The molecule has 1 aromatic rings. The molecule has 0 aliphatic carbocycles. The highest BCUT2D eigenvalue weighted by atomic mass is 16.4. The van der Waals surface area contributed by atoms with E-state index in [1.165, 1.54) is 12.4 Å². The van der Waals surface area contributed by atoms with Gasteiger partial charge in [0.1, 0.15) is 0 Å². The molecule has 6 heteroatoms. The van der Waals surface area contributed by atoms with Crippen LogP contribution in [-0.4, -0.2) is 58.7 Å². The van der Waals surface area contributed by atoms with Crippen LogP contribution in [0.2, 0.25) is 0 Å². The molecule has 0 unspecified atom stereocenters. The van der Waals surface area contributed by atoms with E-state index in [-0.39, 0.29) is 5.56 Å². The third-order valence-electron chi connectivity index (χ3n) is 3.75. The van der Waals surface area contributed by atoms with E-state index < -0.39 is 5.97 Å².